The summed E-state index contributed by atoms with van der Waals surface area (Å²) in [6, 6.07) is 12.2. The summed E-state index contributed by atoms with van der Waals surface area (Å²) in [5.41, 5.74) is 2.48. The molecule has 3 aromatic heterocycles. The molecule has 2 aliphatic heterocycles. The van der Waals surface area contributed by atoms with Crippen LogP contribution in [0.2, 0.25) is 10.0 Å². The van der Waals surface area contributed by atoms with E-state index in [2.05, 4.69) is 20.3 Å². The number of hydrogen-bond donors (Lipinski definition) is 0. The Bertz CT molecular complexity index is 1520. The molecule has 2 unspecified atom stereocenters. The molecule has 9 nitrogen and oxygen atoms in total. The van der Waals surface area contributed by atoms with Crippen molar-refractivity contribution >= 4 is 40.9 Å². The van der Waals surface area contributed by atoms with E-state index in [9.17, 15) is 9.59 Å². The number of amides is 1. The van der Waals surface area contributed by atoms with Gasteiger partial charge in [0.2, 0.25) is 0 Å². The lowest BCUT2D eigenvalue weighted by Gasteiger charge is -2.42. The molecule has 0 radical (unpaired) electrons. The summed E-state index contributed by atoms with van der Waals surface area (Å²) in [4.78, 5) is 36.6. The molecule has 5 heterocycles. The summed E-state index contributed by atoms with van der Waals surface area (Å²) in [6.45, 7) is 1.68. The number of thioether (sulfide) groups is 1. The smallest absolute Gasteiger partial charge is 0.276 e. The first kappa shape index (κ1) is 24.1. The number of carbonyl (C=O) groups is 1. The number of halogens is 2. The summed E-state index contributed by atoms with van der Waals surface area (Å²) in [7, 11) is 0. The topological polar surface area (TPSA) is 98.8 Å². The summed E-state index contributed by atoms with van der Waals surface area (Å²) < 4.78 is 3.45. The van der Waals surface area contributed by atoms with Gasteiger partial charge in [0.05, 0.1) is 11.4 Å². The minimum absolute atomic E-state index is 0.0116. The number of likely N-dealkylation sites (tertiary alicyclic amines) is 1. The molecule has 2 bridgehead atoms. The molecule has 0 aliphatic carbocycles. The molecule has 0 saturated carbocycles. The van der Waals surface area contributed by atoms with Gasteiger partial charge in [0.1, 0.15) is 0 Å². The van der Waals surface area contributed by atoms with E-state index in [-0.39, 0.29) is 29.0 Å². The van der Waals surface area contributed by atoms with E-state index >= 15 is 0 Å². The maximum absolute atomic E-state index is 13.9. The molecule has 4 aromatic rings. The van der Waals surface area contributed by atoms with Gasteiger partial charge in [-0.3, -0.25) is 9.59 Å². The van der Waals surface area contributed by atoms with Gasteiger partial charge >= 0.3 is 0 Å². The molecular weight excluding hydrogens is 533 g/mol. The lowest BCUT2D eigenvalue weighted by Crippen LogP contribution is -2.49. The maximum atomic E-state index is 13.9. The Balaban J connectivity index is 1.34. The first-order chi connectivity index (χ1) is 18.0. The third-order valence-electron chi connectivity index (χ3n) is 6.70. The van der Waals surface area contributed by atoms with Crippen molar-refractivity contribution in [3.8, 4) is 5.69 Å². The number of pyridine rings is 1. The van der Waals surface area contributed by atoms with Crippen molar-refractivity contribution < 1.29 is 4.79 Å². The molecule has 188 valence electrons. The molecule has 2 aliphatic rings. The van der Waals surface area contributed by atoms with Crippen LogP contribution in [0.3, 0.4) is 0 Å². The number of benzene rings is 1. The standard InChI is InChI=1S/C25H21Cl2N7O2S/c26-17-8-18(27)10-19(9-17)34-21(14-37-25-28-5-2-6-29-25)23(30-31-34)24(36)32-11-15-7-16(13-32)20-3-1-4-22(35)33(20)12-15/h1-6,8-10,15-16H,7,11-14H2. The molecule has 6 rings (SSSR count). The van der Waals surface area contributed by atoms with Gasteiger partial charge in [0.25, 0.3) is 11.5 Å². The fraction of sp³-hybridized carbons (Fsp3) is 0.280. The Morgan fingerprint density at radius 1 is 1.03 bits per heavy atom. The predicted octanol–water partition coefficient (Wildman–Crippen LogP) is 4.08. The van der Waals surface area contributed by atoms with Gasteiger partial charge in [0, 0.05) is 65.5 Å². The first-order valence-electron chi connectivity index (χ1n) is 11.8. The molecule has 12 heteroatoms. The highest BCUT2D eigenvalue weighted by atomic mass is 35.5. The third-order valence-corrected chi connectivity index (χ3v) is 8.03. The summed E-state index contributed by atoms with van der Waals surface area (Å²) in [5, 5.41) is 10.1. The fourth-order valence-corrected chi connectivity index (χ4v) is 6.48. The monoisotopic (exact) mass is 553 g/mol. The number of nitrogens with zero attached hydrogens (tertiary/aromatic N) is 7. The van der Waals surface area contributed by atoms with Crippen molar-refractivity contribution in [2.75, 3.05) is 13.1 Å². The fourth-order valence-electron chi connectivity index (χ4n) is 5.17. The Hall–Kier alpha value is -3.21. The molecule has 1 aromatic carbocycles. The Kier molecular flexibility index (Phi) is 6.48. The van der Waals surface area contributed by atoms with Gasteiger partial charge in [-0.2, -0.15) is 0 Å². The molecule has 2 atom stereocenters. The molecular formula is C25H21Cl2N7O2S. The molecule has 1 amide bonds. The highest BCUT2D eigenvalue weighted by Gasteiger charge is 2.38. The van der Waals surface area contributed by atoms with Crippen molar-refractivity contribution in [1.82, 2.24) is 34.4 Å². The normalized spacial score (nSPS) is 18.5. The van der Waals surface area contributed by atoms with Crippen LogP contribution >= 0.6 is 35.0 Å². The highest BCUT2D eigenvalue weighted by molar-refractivity contribution is 7.98. The van der Waals surface area contributed by atoms with Crippen molar-refractivity contribution in [2.45, 2.75) is 29.8 Å². The number of rotatable bonds is 5. The zero-order valence-electron chi connectivity index (χ0n) is 19.5. The summed E-state index contributed by atoms with van der Waals surface area (Å²) in [5.74, 6) is 0.474. The summed E-state index contributed by atoms with van der Waals surface area (Å²) >= 11 is 13.9. The maximum Gasteiger partial charge on any atom is 0.276 e. The molecule has 0 spiro atoms. The van der Waals surface area contributed by atoms with E-state index in [1.165, 1.54) is 11.8 Å². The third kappa shape index (κ3) is 4.76. The molecule has 1 fully saturated rings. The Morgan fingerprint density at radius 3 is 2.59 bits per heavy atom. The highest BCUT2D eigenvalue weighted by Crippen LogP contribution is 2.36. The van der Waals surface area contributed by atoms with E-state index in [0.29, 0.717) is 52.0 Å². The van der Waals surface area contributed by atoms with Crippen molar-refractivity contribution in [1.29, 1.82) is 0 Å². The first-order valence-corrected chi connectivity index (χ1v) is 13.5. The quantitative estimate of drug-likeness (QED) is 0.271. The average molecular weight is 554 g/mol. The minimum atomic E-state index is -0.189. The van der Waals surface area contributed by atoms with E-state index in [4.69, 9.17) is 23.2 Å². The Labute approximate surface area is 226 Å². The van der Waals surface area contributed by atoms with E-state index in [0.717, 1.165) is 12.1 Å². The zero-order valence-corrected chi connectivity index (χ0v) is 21.8. The van der Waals surface area contributed by atoms with Crippen molar-refractivity contribution in [3.05, 3.63) is 92.3 Å². The average Bonchev–Trinajstić information content (AvgIpc) is 3.31. The zero-order chi connectivity index (χ0) is 25.5. The van der Waals surface area contributed by atoms with Crippen LogP contribution in [-0.4, -0.2) is 53.4 Å². The van der Waals surface area contributed by atoms with Crippen LogP contribution in [0.15, 0.2) is 64.8 Å². The largest absolute Gasteiger partial charge is 0.336 e. The van der Waals surface area contributed by atoms with Crippen LogP contribution in [0, 0.1) is 5.92 Å². The van der Waals surface area contributed by atoms with Gasteiger partial charge in [-0.05, 0) is 42.7 Å². The van der Waals surface area contributed by atoms with Crippen LogP contribution < -0.4 is 5.56 Å². The van der Waals surface area contributed by atoms with Gasteiger partial charge < -0.3 is 9.47 Å². The lowest BCUT2D eigenvalue weighted by atomic mass is 9.83. The van der Waals surface area contributed by atoms with Gasteiger partial charge in [-0.15, -0.1) is 5.10 Å². The van der Waals surface area contributed by atoms with Gasteiger partial charge in [-0.25, -0.2) is 14.6 Å². The van der Waals surface area contributed by atoms with Crippen molar-refractivity contribution in [3.63, 3.8) is 0 Å². The molecule has 37 heavy (non-hydrogen) atoms. The molecule has 1 saturated heterocycles. The second-order valence-electron chi connectivity index (χ2n) is 9.15. The van der Waals surface area contributed by atoms with Gasteiger partial charge in [-0.1, -0.05) is 46.2 Å². The number of fused-ring (bicyclic) bond motifs is 4. The number of aromatic nitrogens is 6. The minimum Gasteiger partial charge on any atom is -0.336 e. The van der Waals surface area contributed by atoms with Crippen LogP contribution in [0.5, 0.6) is 0 Å². The van der Waals surface area contributed by atoms with E-state index in [1.807, 2.05) is 15.5 Å². The number of piperidine rings is 1. The van der Waals surface area contributed by atoms with Crippen LogP contribution in [-0.2, 0) is 12.3 Å². The molecule has 0 N–H and O–H groups in total. The Morgan fingerprint density at radius 2 is 1.81 bits per heavy atom. The van der Waals surface area contributed by atoms with Crippen molar-refractivity contribution in [2.24, 2.45) is 5.92 Å². The predicted molar refractivity (Wildman–Crippen MR) is 140 cm³/mol. The number of carbonyl (C=O) groups excluding carboxylic acids is 1. The van der Waals surface area contributed by atoms with E-state index < -0.39 is 0 Å². The lowest BCUT2D eigenvalue weighted by molar-refractivity contribution is 0.0588. The van der Waals surface area contributed by atoms with Crippen LogP contribution in [0.25, 0.3) is 5.69 Å². The van der Waals surface area contributed by atoms with E-state index in [1.54, 1.807) is 53.5 Å². The SMILES string of the molecule is O=C(c1nnn(-c2cc(Cl)cc(Cl)c2)c1CSc1ncccn1)N1CC2CC(C1)c1cccc(=O)n1C2. The number of hydrogen-bond acceptors (Lipinski definition) is 7. The van der Waals surface area contributed by atoms with Crippen LogP contribution in [0.1, 0.15) is 34.2 Å². The summed E-state index contributed by atoms with van der Waals surface area (Å²) in [6.07, 6.45) is 4.29. The second kappa shape index (κ2) is 9.92. The second-order valence-corrected chi connectivity index (χ2v) is 11.0. The van der Waals surface area contributed by atoms with Crippen LogP contribution in [0.4, 0.5) is 0 Å². The van der Waals surface area contributed by atoms with Gasteiger partial charge in [0.15, 0.2) is 10.9 Å².